The van der Waals surface area contributed by atoms with E-state index in [4.69, 9.17) is 4.74 Å². The first kappa shape index (κ1) is 13.3. The largest absolute Gasteiger partial charge is 0.378 e. The molecule has 3 heteroatoms. The predicted octanol–water partition coefficient (Wildman–Crippen LogP) is 2.02. The van der Waals surface area contributed by atoms with E-state index >= 15 is 0 Å². The van der Waals surface area contributed by atoms with Crippen molar-refractivity contribution in [3.8, 4) is 0 Å². The fourth-order valence-electron chi connectivity index (χ4n) is 3.08. The van der Waals surface area contributed by atoms with E-state index in [2.05, 4.69) is 24.2 Å². The minimum Gasteiger partial charge on any atom is -0.378 e. The van der Waals surface area contributed by atoms with Gasteiger partial charge in [-0.2, -0.15) is 0 Å². The molecule has 0 bridgehead atoms. The average Bonchev–Trinajstić information content (AvgIpc) is 2.78. The van der Waals surface area contributed by atoms with Crippen LogP contribution in [0.2, 0.25) is 0 Å². The standard InChI is InChI=1S/C14H28N2O/c1-3-17-14-10-12(11-14)15-8-9-16(2)13-6-4-5-7-13/h12-15H,3-11H2,1-2H3. The first-order valence-electron chi connectivity index (χ1n) is 7.34. The van der Waals surface area contributed by atoms with Crippen LogP contribution >= 0.6 is 0 Å². The Hall–Kier alpha value is -0.120. The first-order valence-corrected chi connectivity index (χ1v) is 7.34. The monoisotopic (exact) mass is 240 g/mol. The summed E-state index contributed by atoms with van der Waals surface area (Å²) in [7, 11) is 2.28. The summed E-state index contributed by atoms with van der Waals surface area (Å²) >= 11 is 0. The molecule has 0 spiro atoms. The lowest BCUT2D eigenvalue weighted by Crippen LogP contribution is -2.48. The van der Waals surface area contributed by atoms with Crippen LogP contribution in [-0.4, -0.2) is 49.8 Å². The van der Waals surface area contributed by atoms with Crippen molar-refractivity contribution in [2.45, 2.75) is 63.6 Å². The number of likely N-dealkylation sites (N-methyl/N-ethyl adjacent to an activating group) is 1. The van der Waals surface area contributed by atoms with E-state index in [1.165, 1.54) is 45.1 Å². The fourth-order valence-corrected chi connectivity index (χ4v) is 3.08. The van der Waals surface area contributed by atoms with E-state index in [1.807, 2.05) is 0 Å². The summed E-state index contributed by atoms with van der Waals surface area (Å²) in [6, 6.07) is 1.57. The van der Waals surface area contributed by atoms with Crippen LogP contribution in [0.25, 0.3) is 0 Å². The highest BCUT2D eigenvalue weighted by molar-refractivity contribution is 4.86. The molecule has 0 aromatic carbocycles. The number of ether oxygens (including phenoxy) is 1. The molecule has 0 atom stereocenters. The third kappa shape index (κ3) is 3.94. The summed E-state index contributed by atoms with van der Waals surface area (Å²) < 4.78 is 5.57. The maximum atomic E-state index is 5.57. The molecule has 3 nitrogen and oxygen atoms in total. The van der Waals surface area contributed by atoms with E-state index in [0.717, 1.165) is 19.2 Å². The van der Waals surface area contributed by atoms with Gasteiger partial charge in [0.05, 0.1) is 6.10 Å². The van der Waals surface area contributed by atoms with Crippen molar-refractivity contribution in [3.05, 3.63) is 0 Å². The van der Waals surface area contributed by atoms with Gasteiger partial charge in [0.15, 0.2) is 0 Å². The number of hydrogen-bond acceptors (Lipinski definition) is 3. The number of nitrogens with zero attached hydrogens (tertiary/aromatic N) is 1. The molecule has 0 radical (unpaired) electrons. The maximum absolute atomic E-state index is 5.57. The van der Waals surface area contributed by atoms with Crippen molar-refractivity contribution in [2.75, 3.05) is 26.7 Å². The second kappa shape index (κ2) is 6.72. The molecule has 2 fully saturated rings. The van der Waals surface area contributed by atoms with Gasteiger partial charge in [-0.1, -0.05) is 12.8 Å². The van der Waals surface area contributed by atoms with Crippen molar-refractivity contribution < 1.29 is 4.74 Å². The van der Waals surface area contributed by atoms with Gasteiger partial charge in [0.2, 0.25) is 0 Å². The van der Waals surface area contributed by atoms with Gasteiger partial charge >= 0.3 is 0 Å². The lowest BCUT2D eigenvalue weighted by atomic mass is 9.89. The normalized spacial score (nSPS) is 29.8. The molecular weight excluding hydrogens is 212 g/mol. The fraction of sp³-hybridized carbons (Fsp3) is 1.00. The van der Waals surface area contributed by atoms with Crippen LogP contribution in [0.1, 0.15) is 45.4 Å². The number of nitrogens with one attached hydrogen (secondary N) is 1. The van der Waals surface area contributed by atoms with Crippen LogP contribution in [0.15, 0.2) is 0 Å². The summed E-state index contributed by atoms with van der Waals surface area (Å²) in [5, 5.41) is 3.64. The zero-order valence-corrected chi connectivity index (χ0v) is 11.5. The molecular formula is C14H28N2O. The molecule has 100 valence electrons. The lowest BCUT2D eigenvalue weighted by molar-refractivity contribution is -0.0102. The molecule has 0 saturated heterocycles. The molecule has 17 heavy (non-hydrogen) atoms. The van der Waals surface area contributed by atoms with Gasteiger partial charge in [-0.3, -0.25) is 0 Å². The van der Waals surface area contributed by atoms with Crippen LogP contribution in [0, 0.1) is 0 Å². The topological polar surface area (TPSA) is 24.5 Å². The molecule has 0 aromatic heterocycles. The van der Waals surface area contributed by atoms with E-state index in [9.17, 15) is 0 Å². The number of rotatable bonds is 7. The Kier molecular flexibility index (Phi) is 5.26. The maximum Gasteiger partial charge on any atom is 0.0604 e. The second-order valence-corrected chi connectivity index (χ2v) is 5.62. The SMILES string of the molecule is CCOC1CC(NCCN(C)C2CCCC2)C1. The van der Waals surface area contributed by atoms with Crippen molar-refractivity contribution in [3.63, 3.8) is 0 Å². The summed E-state index contributed by atoms with van der Waals surface area (Å²) in [6.07, 6.45) is 8.63. The van der Waals surface area contributed by atoms with E-state index < -0.39 is 0 Å². The molecule has 0 aromatic rings. The number of hydrogen-bond donors (Lipinski definition) is 1. The predicted molar refractivity (Wildman–Crippen MR) is 71.3 cm³/mol. The second-order valence-electron chi connectivity index (χ2n) is 5.62. The van der Waals surface area contributed by atoms with E-state index in [1.54, 1.807) is 0 Å². The molecule has 2 aliphatic rings. The Morgan fingerprint density at radius 3 is 2.59 bits per heavy atom. The van der Waals surface area contributed by atoms with E-state index in [0.29, 0.717) is 12.1 Å². The first-order chi connectivity index (χ1) is 8.29. The molecule has 1 N–H and O–H groups in total. The van der Waals surface area contributed by atoms with Gasteiger partial charge in [0, 0.05) is 31.8 Å². The summed E-state index contributed by atoms with van der Waals surface area (Å²) in [6.45, 7) is 5.27. The van der Waals surface area contributed by atoms with Crippen LogP contribution < -0.4 is 5.32 Å². The van der Waals surface area contributed by atoms with Gasteiger partial charge in [0.25, 0.3) is 0 Å². The Morgan fingerprint density at radius 1 is 1.24 bits per heavy atom. The zero-order valence-electron chi connectivity index (χ0n) is 11.5. The minimum absolute atomic E-state index is 0.532. The molecule has 2 rings (SSSR count). The van der Waals surface area contributed by atoms with Crippen molar-refractivity contribution in [1.82, 2.24) is 10.2 Å². The quantitative estimate of drug-likeness (QED) is 0.737. The van der Waals surface area contributed by atoms with Gasteiger partial charge < -0.3 is 15.0 Å². The molecule has 0 unspecified atom stereocenters. The highest BCUT2D eigenvalue weighted by Gasteiger charge is 2.29. The Bertz CT molecular complexity index is 210. The third-order valence-corrected chi connectivity index (χ3v) is 4.34. The third-order valence-electron chi connectivity index (χ3n) is 4.34. The minimum atomic E-state index is 0.532. The summed E-state index contributed by atoms with van der Waals surface area (Å²) in [5.41, 5.74) is 0. The Balaban J connectivity index is 1.49. The molecule has 2 saturated carbocycles. The zero-order chi connectivity index (χ0) is 12.1. The van der Waals surface area contributed by atoms with Crippen LogP contribution in [0.4, 0.5) is 0 Å². The lowest BCUT2D eigenvalue weighted by Gasteiger charge is -2.36. The Morgan fingerprint density at radius 2 is 1.94 bits per heavy atom. The summed E-state index contributed by atoms with van der Waals surface area (Å²) in [4.78, 5) is 2.54. The van der Waals surface area contributed by atoms with Crippen molar-refractivity contribution in [2.24, 2.45) is 0 Å². The molecule has 2 aliphatic carbocycles. The van der Waals surface area contributed by atoms with Crippen molar-refractivity contribution >= 4 is 0 Å². The summed E-state index contributed by atoms with van der Waals surface area (Å²) in [5.74, 6) is 0. The van der Waals surface area contributed by atoms with Gasteiger partial charge in [-0.05, 0) is 39.7 Å². The molecule has 0 amide bonds. The van der Waals surface area contributed by atoms with Crippen LogP contribution in [0.5, 0.6) is 0 Å². The van der Waals surface area contributed by atoms with Crippen molar-refractivity contribution in [1.29, 1.82) is 0 Å². The molecule has 0 heterocycles. The van der Waals surface area contributed by atoms with Gasteiger partial charge in [-0.25, -0.2) is 0 Å². The molecule has 0 aliphatic heterocycles. The van der Waals surface area contributed by atoms with Gasteiger partial charge in [-0.15, -0.1) is 0 Å². The van der Waals surface area contributed by atoms with E-state index in [-0.39, 0.29) is 0 Å². The smallest absolute Gasteiger partial charge is 0.0604 e. The van der Waals surface area contributed by atoms with Crippen LogP contribution in [0.3, 0.4) is 0 Å². The van der Waals surface area contributed by atoms with Crippen LogP contribution in [-0.2, 0) is 4.74 Å². The highest BCUT2D eigenvalue weighted by atomic mass is 16.5. The highest BCUT2D eigenvalue weighted by Crippen LogP contribution is 2.24. The Labute approximate surface area is 106 Å². The van der Waals surface area contributed by atoms with Gasteiger partial charge in [0.1, 0.15) is 0 Å². The average molecular weight is 240 g/mol.